The lowest BCUT2D eigenvalue weighted by Gasteiger charge is -2.23. The van der Waals surface area contributed by atoms with Crippen LogP contribution in [0.15, 0.2) is 34.7 Å². The van der Waals surface area contributed by atoms with Gasteiger partial charge in [0.1, 0.15) is 17.1 Å². The zero-order valence-electron chi connectivity index (χ0n) is 16.4. The van der Waals surface area contributed by atoms with Crippen molar-refractivity contribution < 1.29 is 19.1 Å². The Balaban J connectivity index is 1.73. The molecule has 0 spiro atoms. The molecule has 2 aromatic rings. The van der Waals surface area contributed by atoms with Gasteiger partial charge in [0.05, 0.1) is 13.1 Å². The van der Waals surface area contributed by atoms with Gasteiger partial charge in [0.25, 0.3) is 0 Å². The molecule has 0 aliphatic rings. The molecule has 146 valence electrons. The number of hydrogen-bond acceptors (Lipinski definition) is 4. The van der Waals surface area contributed by atoms with E-state index in [1.165, 1.54) is 5.56 Å². The monoisotopic (exact) mass is 372 g/mol. The molecular weight excluding hydrogens is 344 g/mol. The number of amides is 2. The fourth-order valence-corrected chi connectivity index (χ4v) is 2.87. The Morgan fingerprint density at radius 2 is 1.74 bits per heavy atom. The van der Waals surface area contributed by atoms with Gasteiger partial charge in [0.15, 0.2) is 0 Å². The summed E-state index contributed by atoms with van der Waals surface area (Å²) in [5.74, 6) is 0.793. The van der Waals surface area contributed by atoms with E-state index in [9.17, 15) is 14.7 Å². The molecule has 1 atom stereocenters. The molecule has 1 aromatic heterocycles. The molecule has 0 aliphatic heterocycles. The van der Waals surface area contributed by atoms with Crippen molar-refractivity contribution in [3.8, 4) is 0 Å². The van der Waals surface area contributed by atoms with Crippen molar-refractivity contribution >= 4 is 11.8 Å². The van der Waals surface area contributed by atoms with E-state index in [-0.39, 0.29) is 24.9 Å². The summed E-state index contributed by atoms with van der Waals surface area (Å²) in [5.41, 5.74) is 1.66. The molecule has 0 saturated heterocycles. The van der Waals surface area contributed by atoms with Crippen LogP contribution in [0.1, 0.15) is 41.6 Å². The SMILES string of the molecule is Cc1ccc(CCC(=O)NCC(=O)NC[C@](C)(O)c2cc(C)oc2C)cc1. The lowest BCUT2D eigenvalue weighted by molar-refractivity contribution is -0.126. The number of carbonyl (C=O) groups is 2. The number of nitrogens with one attached hydrogen (secondary N) is 2. The van der Waals surface area contributed by atoms with Crippen LogP contribution >= 0.6 is 0 Å². The van der Waals surface area contributed by atoms with Gasteiger partial charge in [-0.1, -0.05) is 29.8 Å². The van der Waals surface area contributed by atoms with Crippen molar-refractivity contribution in [1.82, 2.24) is 10.6 Å². The van der Waals surface area contributed by atoms with Gasteiger partial charge in [-0.05, 0) is 45.7 Å². The quantitative estimate of drug-likeness (QED) is 0.663. The Hall–Kier alpha value is -2.60. The summed E-state index contributed by atoms with van der Waals surface area (Å²) >= 11 is 0. The van der Waals surface area contributed by atoms with Crippen LogP contribution in [0, 0.1) is 20.8 Å². The summed E-state index contributed by atoms with van der Waals surface area (Å²) in [6.07, 6.45) is 0.948. The van der Waals surface area contributed by atoms with Gasteiger partial charge in [0.2, 0.25) is 11.8 Å². The third-order valence-electron chi connectivity index (χ3n) is 4.46. The van der Waals surface area contributed by atoms with Crippen molar-refractivity contribution in [2.45, 2.75) is 46.1 Å². The largest absolute Gasteiger partial charge is 0.466 e. The summed E-state index contributed by atoms with van der Waals surface area (Å²) in [5, 5.41) is 15.8. The first-order valence-electron chi connectivity index (χ1n) is 9.06. The molecule has 0 radical (unpaired) electrons. The Bertz CT molecular complexity index is 791. The molecule has 27 heavy (non-hydrogen) atoms. The summed E-state index contributed by atoms with van der Waals surface area (Å²) < 4.78 is 5.43. The van der Waals surface area contributed by atoms with Crippen LogP contribution in [0.2, 0.25) is 0 Å². The number of carbonyl (C=O) groups excluding carboxylic acids is 2. The minimum Gasteiger partial charge on any atom is -0.466 e. The highest BCUT2D eigenvalue weighted by atomic mass is 16.3. The average molecular weight is 372 g/mol. The summed E-state index contributed by atoms with van der Waals surface area (Å²) in [4.78, 5) is 23.9. The van der Waals surface area contributed by atoms with E-state index < -0.39 is 5.60 Å². The molecule has 6 nitrogen and oxygen atoms in total. The van der Waals surface area contributed by atoms with Gasteiger partial charge in [-0.3, -0.25) is 9.59 Å². The zero-order chi connectivity index (χ0) is 20.0. The van der Waals surface area contributed by atoms with Gasteiger partial charge < -0.3 is 20.2 Å². The van der Waals surface area contributed by atoms with E-state index in [1.54, 1.807) is 26.8 Å². The zero-order valence-corrected chi connectivity index (χ0v) is 16.4. The van der Waals surface area contributed by atoms with Crippen molar-refractivity contribution in [3.63, 3.8) is 0 Å². The molecule has 3 N–H and O–H groups in total. The van der Waals surface area contributed by atoms with Gasteiger partial charge in [-0.2, -0.15) is 0 Å². The van der Waals surface area contributed by atoms with Crippen LogP contribution in [0.5, 0.6) is 0 Å². The van der Waals surface area contributed by atoms with Crippen LogP contribution in [-0.4, -0.2) is 30.0 Å². The number of aliphatic hydroxyl groups is 1. The Kier molecular flexibility index (Phi) is 6.80. The molecule has 2 rings (SSSR count). The minimum atomic E-state index is -1.24. The molecule has 0 fully saturated rings. The van der Waals surface area contributed by atoms with E-state index in [0.29, 0.717) is 29.9 Å². The summed E-state index contributed by atoms with van der Waals surface area (Å²) in [6, 6.07) is 9.77. The third-order valence-corrected chi connectivity index (χ3v) is 4.46. The molecule has 0 bridgehead atoms. The first-order chi connectivity index (χ1) is 12.7. The first kappa shape index (κ1) is 20.7. The Morgan fingerprint density at radius 3 is 2.33 bits per heavy atom. The van der Waals surface area contributed by atoms with E-state index in [0.717, 1.165) is 5.56 Å². The predicted octanol–water partition coefficient (Wildman–Crippen LogP) is 2.28. The van der Waals surface area contributed by atoms with Crippen molar-refractivity contribution in [1.29, 1.82) is 0 Å². The second kappa shape index (κ2) is 8.86. The lowest BCUT2D eigenvalue weighted by Crippen LogP contribution is -2.43. The molecule has 1 heterocycles. The number of hydrogen-bond donors (Lipinski definition) is 3. The summed E-state index contributed by atoms with van der Waals surface area (Å²) in [6.45, 7) is 7.12. The smallest absolute Gasteiger partial charge is 0.239 e. The van der Waals surface area contributed by atoms with Crippen LogP contribution < -0.4 is 10.6 Å². The van der Waals surface area contributed by atoms with E-state index in [4.69, 9.17) is 4.42 Å². The van der Waals surface area contributed by atoms with Gasteiger partial charge in [-0.15, -0.1) is 0 Å². The van der Waals surface area contributed by atoms with Gasteiger partial charge >= 0.3 is 0 Å². The number of rotatable bonds is 8. The molecule has 2 amide bonds. The average Bonchev–Trinajstić information content (AvgIpc) is 2.97. The lowest BCUT2D eigenvalue weighted by atomic mass is 9.96. The maximum Gasteiger partial charge on any atom is 0.239 e. The third kappa shape index (κ3) is 6.25. The van der Waals surface area contributed by atoms with E-state index in [2.05, 4.69) is 10.6 Å². The second-order valence-corrected chi connectivity index (χ2v) is 7.14. The molecule has 0 unspecified atom stereocenters. The van der Waals surface area contributed by atoms with E-state index in [1.807, 2.05) is 31.2 Å². The van der Waals surface area contributed by atoms with Gasteiger partial charge in [-0.25, -0.2) is 0 Å². The second-order valence-electron chi connectivity index (χ2n) is 7.14. The standard InChI is InChI=1S/C21H28N2O4/c1-14-5-7-17(8-6-14)9-10-19(24)22-12-20(25)23-13-21(4,26)18-11-15(2)27-16(18)3/h5-8,11,26H,9-10,12-13H2,1-4H3,(H,22,24)(H,23,25)/t21-/m0/s1. The van der Waals surface area contributed by atoms with Crippen molar-refractivity contribution in [2.24, 2.45) is 0 Å². The normalized spacial score (nSPS) is 13.1. The van der Waals surface area contributed by atoms with E-state index >= 15 is 0 Å². The fourth-order valence-electron chi connectivity index (χ4n) is 2.87. The molecule has 0 aliphatic carbocycles. The predicted molar refractivity (Wildman–Crippen MR) is 103 cm³/mol. The number of benzene rings is 1. The minimum absolute atomic E-state index is 0.0326. The molecule has 0 saturated carbocycles. The Morgan fingerprint density at radius 1 is 1.07 bits per heavy atom. The highest BCUT2D eigenvalue weighted by molar-refractivity contribution is 5.84. The summed E-state index contributed by atoms with van der Waals surface area (Å²) in [7, 11) is 0. The van der Waals surface area contributed by atoms with Gasteiger partial charge in [0, 0.05) is 12.0 Å². The number of aryl methyl sites for hydroxylation is 4. The maximum atomic E-state index is 12.0. The molecular formula is C21H28N2O4. The van der Waals surface area contributed by atoms with Crippen LogP contribution in [0.4, 0.5) is 0 Å². The van der Waals surface area contributed by atoms with Crippen LogP contribution in [0.25, 0.3) is 0 Å². The van der Waals surface area contributed by atoms with Crippen LogP contribution in [0.3, 0.4) is 0 Å². The van der Waals surface area contributed by atoms with Crippen LogP contribution in [-0.2, 0) is 21.6 Å². The first-order valence-corrected chi connectivity index (χ1v) is 9.06. The van der Waals surface area contributed by atoms with Crippen molar-refractivity contribution in [3.05, 3.63) is 58.5 Å². The highest BCUT2D eigenvalue weighted by Gasteiger charge is 2.28. The fraction of sp³-hybridized carbons (Fsp3) is 0.429. The highest BCUT2D eigenvalue weighted by Crippen LogP contribution is 2.26. The Labute approximate surface area is 160 Å². The van der Waals surface area contributed by atoms with Crippen molar-refractivity contribution in [2.75, 3.05) is 13.1 Å². The molecule has 1 aromatic carbocycles. The maximum absolute atomic E-state index is 12.0. The number of furan rings is 1. The topological polar surface area (TPSA) is 91.6 Å². The molecule has 6 heteroatoms.